The van der Waals surface area contributed by atoms with Crippen LogP contribution in [0.3, 0.4) is 0 Å². The second-order valence-electron chi connectivity index (χ2n) is 3.99. The van der Waals surface area contributed by atoms with Crippen LogP contribution in [0.2, 0.25) is 0 Å². The molecule has 4 nitrogen and oxygen atoms in total. The van der Waals surface area contributed by atoms with E-state index in [1.54, 1.807) is 0 Å². The summed E-state index contributed by atoms with van der Waals surface area (Å²) in [6, 6.07) is 7.46. The highest BCUT2D eigenvalue weighted by Gasteiger charge is 2.27. The molecule has 0 radical (unpaired) electrons. The fourth-order valence-electron chi connectivity index (χ4n) is 1.93. The van der Waals surface area contributed by atoms with Crippen LogP contribution in [-0.2, 0) is 16.1 Å². The maximum Gasteiger partial charge on any atom is 0.352 e. The second-order valence-corrected chi connectivity index (χ2v) is 4.43. The van der Waals surface area contributed by atoms with Gasteiger partial charge in [-0.1, -0.05) is 24.3 Å². The number of amides is 1. The number of hydrogen-bond donors (Lipinski definition) is 2. The van der Waals surface area contributed by atoms with Gasteiger partial charge in [-0.3, -0.25) is 4.79 Å². The fourth-order valence-corrected chi connectivity index (χ4v) is 2.12. The lowest BCUT2D eigenvalue weighted by Crippen LogP contribution is -2.35. The molecule has 1 aliphatic rings. The minimum atomic E-state index is -1.09. The van der Waals surface area contributed by atoms with Gasteiger partial charge < -0.3 is 10.0 Å². The van der Waals surface area contributed by atoms with Crippen LogP contribution in [0.1, 0.15) is 17.5 Å². The van der Waals surface area contributed by atoms with Crippen molar-refractivity contribution in [2.45, 2.75) is 13.0 Å². The molecule has 1 aromatic rings. The second kappa shape index (κ2) is 5.27. The van der Waals surface area contributed by atoms with E-state index in [4.69, 9.17) is 0 Å². The minimum absolute atomic E-state index is 0.0282. The molecular weight excluding hydrogens is 250 g/mol. The molecule has 1 aliphatic heterocycles. The molecule has 1 aromatic carbocycles. The third-order valence-corrected chi connectivity index (χ3v) is 3.04. The summed E-state index contributed by atoms with van der Waals surface area (Å²) in [4.78, 5) is 24.4. The number of rotatable bonds is 3. The molecule has 0 unspecified atom stereocenters. The number of carboxylic acids is 1. The highest BCUT2D eigenvalue weighted by Crippen LogP contribution is 2.25. The van der Waals surface area contributed by atoms with Crippen molar-refractivity contribution in [3.8, 4) is 0 Å². The van der Waals surface area contributed by atoms with Crippen LogP contribution in [-0.4, -0.2) is 27.6 Å². The summed E-state index contributed by atoms with van der Waals surface area (Å²) in [6.07, 6.45) is 1.77. The number of aliphatic carboxylic acids is 1. The van der Waals surface area contributed by atoms with Crippen LogP contribution >= 0.6 is 12.6 Å². The van der Waals surface area contributed by atoms with E-state index in [0.717, 1.165) is 11.1 Å². The van der Waals surface area contributed by atoms with Crippen molar-refractivity contribution in [1.29, 1.82) is 0 Å². The third kappa shape index (κ3) is 2.41. The Morgan fingerprint density at radius 1 is 1.33 bits per heavy atom. The van der Waals surface area contributed by atoms with Gasteiger partial charge in [0, 0.05) is 6.42 Å². The van der Waals surface area contributed by atoms with Gasteiger partial charge in [0.05, 0.1) is 6.54 Å². The largest absolute Gasteiger partial charge is 0.477 e. The Hall–Kier alpha value is -1.75. The van der Waals surface area contributed by atoms with Gasteiger partial charge in [-0.2, -0.15) is 12.6 Å². The van der Waals surface area contributed by atoms with Crippen LogP contribution in [0.5, 0.6) is 0 Å². The zero-order chi connectivity index (χ0) is 13.1. The molecular formula is C13H13NO3S. The van der Waals surface area contributed by atoms with Crippen molar-refractivity contribution in [2.24, 2.45) is 0 Å². The minimum Gasteiger partial charge on any atom is -0.477 e. The van der Waals surface area contributed by atoms with E-state index in [9.17, 15) is 14.7 Å². The normalized spacial score (nSPS) is 13.8. The SMILES string of the molecule is O=C(O)C1=Cc2ccccc2CN1C(=O)CCS. The molecule has 2 rings (SSSR count). The lowest BCUT2D eigenvalue weighted by atomic mass is 10.0. The molecule has 1 amide bonds. The number of carboxylic acid groups (broad SMARTS) is 1. The van der Waals surface area contributed by atoms with Crippen LogP contribution in [0.4, 0.5) is 0 Å². The molecule has 94 valence electrons. The Morgan fingerprint density at radius 2 is 2.06 bits per heavy atom. The summed E-state index contributed by atoms with van der Waals surface area (Å²) in [5, 5.41) is 9.17. The lowest BCUT2D eigenvalue weighted by molar-refractivity contribution is -0.139. The Bertz CT molecular complexity index is 525. The lowest BCUT2D eigenvalue weighted by Gasteiger charge is -2.27. The summed E-state index contributed by atoms with van der Waals surface area (Å²) in [5.41, 5.74) is 1.83. The number of fused-ring (bicyclic) bond motifs is 1. The molecule has 0 spiro atoms. The summed E-state index contributed by atoms with van der Waals surface area (Å²) in [6.45, 7) is 0.306. The predicted octanol–water partition coefficient (Wildman–Crippen LogP) is 1.77. The number of nitrogens with zero attached hydrogens (tertiary/aromatic N) is 1. The fraction of sp³-hybridized carbons (Fsp3) is 0.231. The van der Waals surface area contributed by atoms with Gasteiger partial charge in [0.15, 0.2) is 0 Å². The number of carbonyl (C=O) groups excluding carboxylic acids is 1. The van der Waals surface area contributed by atoms with E-state index in [-0.39, 0.29) is 18.0 Å². The van der Waals surface area contributed by atoms with Crippen molar-refractivity contribution in [3.05, 3.63) is 41.1 Å². The molecule has 1 N–H and O–H groups in total. The Labute approximate surface area is 110 Å². The number of hydrogen-bond acceptors (Lipinski definition) is 3. The van der Waals surface area contributed by atoms with Gasteiger partial charge >= 0.3 is 5.97 Å². The summed E-state index contributed by atoms with van der Waals surface area (Å²) >= 11 is 4.00. The van der Waals surface area contributed by atoms with Crippen molar-refractivity contribution >= 4 is 30.6 Å². The van der Waals surface area contributed by atoms with E-state index in [1.165, 1.54) is 11.0 Å². The zero-order valence-electron chi connectivity index (χ0n) is 9.67. The summed E-state index contributed by atoms with van der Waals surface area (Å²) in [7, 11) is 0. The molecule has 0 aromatic heterocycles. The van der Waals surface area contributed by atoms with E-state index >= 15 is 0 Å². The van der Waals surface area contributed by atoms with Crippen molar-refractivity contribution in [1.82, 2.24) is 4.90 Å². The van der Waals surface area contributed by atoms with Gasteiger partial charge in [-0.25, -0.2) is 4.79 Å². The van der Waals surface area contributed by atoms with Crippen LogP contribution in [0, 0.1) is 0 Å². The first-order valence-corrected chi connectivity index (χ1v) is 6.21. The number of thiol groups is 1. The van der Waals surface area contributed by atoms with E-state index in [1.807, 2.05) is 24.3 Å². The van der Waals surface area contributed by atoms with E-state index in [0.29, 0.717) is 12.3 Å². The molecule has 0 aliphatic carbocycles. The standard InChI is InChI=1S/C13H13NO3S/c15-12(5-6-18)14-8-10-4-2-1-3-9(10)7-11(14)13(16)17/h1-4,7,18H,5-6,8H2,(H,16,17). The average molecular weight is 263 g/mol. The van der Waals surface area contributed by atoms with Crippen molar-refractivity contribution < 1.29 is 14.7 Å². The van der Waals surface area contributed by atoms with Crippen LogP contribution in [0.25, 0.3) is 6.08 Å². The maximum absolute atomic E-state index is 11.9. The van der Waals surface area contributed by atoms with E-state index in [2.05, 4.69) is 12.6 Å². The monoisotopic (exact) mass is 263 g/mol. The summed E-state index contributed by atoms with van der Waals surface area (Å²) in [5.74, 6) is -0.894. The molecule has 18 heavy (non-hydrogen) atoms. The smallest absolute Gasteiger partial charge is 0.352 e. The molecule has 0 saturated carbocycles. The third-order valence-electron chi connectivity index (χ3n) is 2.81. The Morgan fingerprint density at radius 3 is 2.72 bits per heavy atom. The predicted molar refractivity (Wildman–Crippen MR) is 71.1 cm³/mol. The molecule has 0 fully saturated rings. The van der Waals surface area contributed by atoms with E-state index < -0.39 is 5.97 Å². The molecule has 1 heterocycles. The highest BCUT2D eigenvalue weighted by molar-refractivity contribution is 7.80. The quantitative estimate of drug-likeness (QED) is 0.817. The van der Waals surface area contributed by atoms with Gasteiger partial charge in [-0.05, 0) is 23.0 Å². The highest BCUT2D eigenvalue weighted by atomic mass is 32.1. The number of benzene rings is 1. The van der Waals surface area contributed by atoms with Crippen LogP contribution in [0.15, 0.2) is 30.0 Å². The van der Waals surface area contributed by atoms with Crippen molar-refractivity contribution in [2.75, 3.05) is 5.75 Å². The molecule has 0 saturated heterocycles. The topological polar surface area (TPSA) is 57.6 Å². The van der Waals surface area contributed by atoms with Gasteiger partial charge in [-0.15, -0.1) is 0 Å². The van der Waals surface area contributed by atoms with Gasteiger partial charge in [0.25, 0.3) is 0 Å². The zero-order valence-corrected chi connectivity index (χ0v) is 10.6. The van der Waals surface area contributed by atoms with Gasteiger partial charge in [0.1, 0.15) is 5.70 Å². The summed E-state index contributed by atoms with van der Waals surface area (Å²) < 4.78 is 0. The van der Waals surface area contributed by atoms with Crippen molar-refractivity contribution in [3.63, 3.8) is 0 Å². The molecule has 5 heteroatoms. The first kappa shape index (κ1) is 12.7. The molecule has 0 bridgehead atoms. The first-order chi connectivity index (χ1) is 8.63. The van der Waals surface area contributed by atoms with Crippen LogP contribution < -0.4 is 0 Å². The molecule has 0 atom stereocenters. The number of carbonyl (C=O) groups is 2. The van der Waals surface area contributed by atoms with Gasteiger partial charge in [0.2, 0.25) is 5.91 Å². The maximum atomic E-state index is 11.9. The Balaban J connectivity index is 2.39. The average Bonchev–Trinajstić information content (AvgIpc) is 2.37. The Kier molecular flexibility index (Phi) is 3.72. The first-order valence-electron chi connectivity index (χ1n) is 5.57.